The molecule has 0 unspecified atom stereocenters. The Morgan fingerprint density at radius 1 is 1.00 bits per heavy atom. The van der Waals surface area contributed by atoms with Crippen molar-refractivity contribution in [2.45, 2.75) is 32.9 Å². The summed E-state index contributed by atoms with van der Waals surface area (Å²) >= 11 is 0. The second-order valence-corrected chi connectivity index (χ2v) is 9.18. The molecule has 3 aromatic carbocycles. The highest BCUT2D eigenvalue weighted by Crippen LogP contribution is 2.37. The summed E-state index contributed by atoms with van der Waals surface area (Å²) in [7, 11) is 0. The van der Waals surface area contributed by atoms with Crippen LogP contribution in [0.15, 0.2) is 77.6 Å². The maximum atomic E-state index is 13.6. The van der Waals surface area contributed by atoms with Crippen LogP contribution < -0.4 is 10.5 Å². The van der Waals surface area contributed by atoms with E-state index in [1.54, 1.807) is 0 Å². The van der Waals surface area contributed by atoms with Crippen molar-refractivity contribution in [1.82, 2.24) is 25.2 Å². The van der Waals surface area contributed by atoms with Crippen LogP contribution in [0.4, 0.5) is 5.69 Å². The molecule has 1 N–H and O–H groups in total. The van der Waals surface area contributed by atoms with Crippen molar-refractivity contribution < 1.29 is 0 Å². The molecule has 6 rings (SSSR count). The molecule has 7 nitrogen and oxygen atoms in total. The molecular weight excluding hydrogens is 436 g/mol. The number of anilines is 1. The standard InChI is InChI=1S/C28H26N6O/c1-18-12-13-22-16-23(28(35)29-25(22)19(18)2)26(33-15-14-21-10-6-7-11-24(21)33)27-30-31-32-34(27)17-20-8-4-3-5-9-20/h3-13,16,26H,14-15,17H2,1-2H3,(H,29,35)/t26-/m0/s1. The Balaban J connectivity index is 1.54. The summed E-state index contributed by atoms with van der Waals surface area (Å²) in [5.41, 5.74) is 7.12. The van der Waals surface area contributed by atoms with Crippen LogP contribution in [0, 0.1) is 13.8 Å². The number of hydrogen-bond acceptors (Lipinski definition) is 5. The van der Waals surface area contributed by atoms with Crippen LogP contribution in [0.25, 0.3) is 10.9 Å². The first kappa shape index (κ1) is 21.3. The Bertz CT molecular complexity index is 1590. The number of aromatic nitrogens is 5. The smallest absolute Gasteiger partial charge is 0.254 e. The van der Waals surface area contributed by atoms with Gasteiger partial charge in [-0.05, 0) is 70.5 Å². The summed E-state index contributed by atoms with van der Waals surface area (Å²) in [6.07, 6.45) is 0.913. The summed E-state index contributed by atoms with van der Waals surface area (Å²) in [6, 6.07) is 24.2. The molecule has 2 aromatic heterocycles. The number of nitrogens with zero attached hydrogens (tertiary/aromatic N) is 5. The van der Waals surface area contributed by atoms with E-state index in [1.165, 1.54) is 5.56 Å². The van der Waals surface area contributed by atoms with Crippen LogP contribution in [0.3, 0.4) is 0 Å². The Morgan fingerprint density at radius 3 is 2.66 bits per heavy atom. The Hall–Kier alpha value is -4.26. The topological polar surface area (TPSA) is 79.7 Å². The maximum absolute atomic E-state index is 13.6. The SMILES string of the molecule is Cc1ccc2cc([C@@H](c3nnnn3Cc3ccccc3)N3CCc4ccccc43)c(=O)[nH]c2c1C. The molecule has 1 aliphatic heterocycles. The van der Waals surface area contributed by atoms with Crippen LogP contribution in [-0.4, -0.2) is 31.7 Å². The predicted molar refractivity (Wildman–Crippen MR) is 137 cm³/mol. The minimum Gasteiger partial charge on any atom is -0.357 e. The molecule has 3 heterocycles. The summed E-state index contributed by atoms with van der Waals surface area (Å²) in [5, 5.41) is 13.8. The first-order chi connectivity index (χ1) is 17.1. The number of fused-ring (bicyclic) bond motifs is 2. The highest BCUT2D eigenvalue weighted by molar-refractivity contribution is 5.83. The summed E-state index contributed by atoms with van der Waals surface area (Å²) < 4.78 is 1.81. The van der Waals surface area contributed by atoms with Crippen molar-refractivity contribution in [1.29, 1.82) is 0 Å². The zero-order valence-electron chi connectivity index (χ0n) is 19.8. The second kappa shape index (κ2) is 8.51. The Kier molecular flexibility index (Phi) is 5.17. The number of rotatable bonds is 5. The van der Waals surface area contributed by atoms with Gasteiger partial charge in [-0.3, -0.25) is 4.79 Å². The molecule has 0 aliphatic carbocycles. The van der Waals surface area contributed by atoms with Crippen molar-refractivity contribution in [3.05, 3.63) is 117 Å². The van der Waals surface area contributed by atoms with Crippen molar-refractivity contribution in [3.8, 4) is 0 Å². The average Bonchev–Trinajstić information content (AvgIpc) is 3.51. The molecule has 174 valence electrons. The van der Waals surface area contributed by atoms with Crippen molar-refractivity contribution >= 4 is 16.6 Å². The van der Waals surface area contributed by atoms with Gasteiger partial charge in [0.2, 0.25) is 0 Å². The molecular formula is C28H26N6O. The number of nitrogens with one attached hydrogen (secondary N) is 1. The fourth-order valence-electron chi connectivity index (χ4n) is 5.10. The average molecular weight is 463 g/mol. The lowest BCUT2D eigenvalue weighted by Crippen LogP contribution is -2.34. The third-order valence-corrected chi connectivity index (χ3v) is 7.09. The molecule has 0 spiro atoms. The molecule has 1 aliphatic rings. The molecule has 5 aromatic rings. The number of hydrogen-bond donors (Lipinski definition) is 1. The lowest BCUT2D eigenvalue weighted by atomic mass is 10.00. The quantitative estimate of drug-likeness (QED) is 0.421. The van der Waals surface area contributed by atoms with E-state index in [0.717, 1.165) is 46.2 Å². The molecule has 35 heavy (non-hydrogen) atoms. The highest BCUT2D eigenvalue weighted by atomic mass is 16.1. The van der Waals surface area contributed by atoms with Gasteiger partial charge in [0.1, 0.15) is 6.04 Å². The van der Waals surface area contributed by atoms with E-state index in [4.69, 9.17) is 0 Å². The maximum Gasteiger partial charge on any atom is 0.254 e. The number of para-hydroxylation sites is 1. The Labute approximate surface area is 203 Å². The van der Waals surface area contributed by atoms with Gasteiger partial charge >= 0.3 is 0 Å². The third kappa shape index (κ3) is 3.69. The van der Waals surface area contributed by atoms with E-state index >= 15 is 0 Å². The molecule has 0 amide bonds. The predicted octanol–water partition coefficient (Wildman–Crippen LogP) is 4.33. The number of pyridine rings is 1. The highest BCUT2D eigenvalue weighted by Gasteiger charge is 2.34. The van der Waals surface area contributed by atoms with Crippen LogP contribution >= 0.6 is 0 Å². The van der Waals surface area contributed by atoms with Crippen molar-refractivity contribution in [3.63, 3.8) is 0 Å². The first-order valence-electron chi connectivity index (χ1n) is 11.9. The van der Waals surface area contributed by atoms with Crippen LogP contribution in [0.5, 0.6) is 0 Å². The first-order valence-corrected chi connectivity index (χ1v) is 11.9. The van der Waals surface area contributed by atoms with Gasteiger partial charge < -0.3 is 9.88 Å². The van der Waals surface area contributed by atoms with Crippen molar-refractivity contribution in [2.75, 3.05) is 11.4 Å². The van der Waals surface area contributed by atoms with E-state index < -0.39 is 6.04 Å². The van der Waals surface area contributed by atoms with Crippen LogP contribution in [0.1, 0.15) is 39.7 Å². The molecule has 7 heteroatoms. The number of tetrazole rings is 1. The van der Waals surface area contributed by atoms with Gasteiger partial charge in [0, 0.05) is 17.8 Å². The second-order valence-electron chi connectivity index (χ2n) is 9.18. The molecule has 0 saturated carbocycles. The van der Waals surface area contributed by atoms with Gasteiger partial charge in [0.15, 0.2) is 5.82 Å². The van der Waals surface area contributed by atoms with Gasteiger partial charge in [0.25, 0.3) is 5.56 Å². The molecule has 0 bridgehead atoms. The van der Waals surface area contributed by atoms with Gasteiger partial charge in [0.05, 0.1) is 12.1 Å². The molecule has 1 atom stereocenters. The minimum absolute atomic E-state index is 0.116. The molecule has 0 saturated heterocycles. The van der Waals surface area contributed by atoms with Gasteiger partial charge in [-0.15, -0.1) is 5.10 Å². The van der Waals surface area contributed by atoms with E-state index in [-0.39, 0.29) is 5.56 Å². The van der Waals surface area contributed by atoms with Gasteiger partial charge in [-0.1, -0.05) is 60.7 Å². The van der Waals surface area contributed by atoms with Crippen LogP contribution in [-0.2, 0) is 13.0 Å². The zero-order valence-corrected chi connectivity index (χ0v) is 19.8. The molecule has 0 radical (unpaired) electrons. The molecule has 0 fully saturated rings. The largest absolute Gasteiger partial charge is 0.357 e. The lowest BCUT2D eigenvalue weighted by Gasteiger charge is -2.29. The van der Waals surface area contributed by atoms with E-state index in [1.807, 2.05) is 41.9 Å². The Morgan fingerprint density at radius 2 is 1.80 bits per heavy atom. The fraction of sp³-hybridized carbons (Fsp3) is 0.214. The number of H-pyrrole nitrogens is 1. The lowest BCUT2D eigenvalue weighted by molar-refractivity contribution is 0.577. The third-order valence-electron chi connectivity index (χ3n) is 7.09. The number of aryl methyl sites for hydroxylation is 2. The fourth-order valence-corrected chi connectivity index (χ4v) is 5.10. The van der Waals surface area contributed by atoms with E-state index in [2.05, 4.69) is 74.8 Å². The zero-order chi connectivity index (χ0) is 23.9. The van der Waals surface area contributed by atoms with Crippen LogP contribution in [0.2, 0.25) is 0 Å². The monoisotopic (exact) mass is 462 g/mol. The summed E-state index contributed by atoms with van der Waals surface area (Å²) in [5.74, 6) is 0.652. The minimum atomic E-state index is -0.424. The van der Waals surface area contributed by atoms with Gasteiger partial charge in [-0.25, -0.2) is 4.68 Å². The van der Waals surface area contributed by atoms with Gasteiger partial charge in [-0.2, -0.15) is 0 Å². The van der Waals surface area contributed by atoms with E-state index in [9.17, 15) is 4.79 Å². The number of benzene rings is 3. The summed E-state index contributed by atoms with van der Waals surface area (Å²) in [4.78, 5) is 19.0. The van der Waals surface area contributed by atoms with Crippen molar-refractivity contribution in [2.24, 2.45) is 0 Å². The normalized spacial score (nSPS) is 13.8. The number of aromatic amines is 1. The van der Waals surface area contributed by atoms with E-state index in [0.29, 0.717) is 17.9 Å². The summed E-state index contributed by atoms with van der Waals surface area (Å²) in [6.45, 7) is 5.41.